The Kier molecular flexibility index (Phi) is 3.56. The third-order valence-corrected chi connectivity index (χ3v) is 4.95. The number of allylic oxidation sites excluding steroid dienone is 2. The van der Waals surface area contributed by atoms with Crippen molar-refractivity contribution in [2.24, 2.45) is 17.3 Å². The minimum absolute atomic E-state index is 0.0582. The van der Waals surface area contributed by atoms with Crippen LogP contribution < -0.4 is 5.32 Å². The minimum Gasteiger partial charge on any atom is -0.302 e. The van der Waals surface area contributed by atoms with Crippen LogP contribution in [0.2, 0.25) is 0 Å². The van der Waals surface area contributed by atoms with Crippen LogP contribution in [0, 0.1) is 31.1 Å². The van der Waals surface area contributed by atoms with Gasteiger partial charge in [0.2, 0.25) is 5.91 Å². The summed E-state index contributed by atoms with van der Waals surface area (Å²) in [5.74, 6) is 0.507. The number of rotatable bonds is 3. The molecule has 0 aliphatic heterocycles. The smallest absolute Gasteiger partial charge is 0.230 e. The summed E-state index contributed by atoms with van der Waals surface area (Å²) in [7, 11) is 0. The van der Waals surface area contributed by atoms with Crippen molar-refractivity contribution in [3.63, 3.8) is 0 Å². The fourth-order valence-electron chi connectivity index (χ4n) is 2.56. The molecule has 4 heteroatoms. The highest BCUT2D eigenvalue weighted by Crippen LogP contribution is 2.59. The van der Waals surface area contributed by atoms with E-state index in [9.17, 15) is 4.79 Å². The van der Waals surface area contributed by atoms with E-state index in [1.165, 1.54) is 5.57 Å². The average Bonchev–Trinajstić information content (AvgIpc) is 2.62. The molecule has 1 aromatic heterocycles. The molecule has 1 aromatic rings. The minimum atomic E-state index is 0.0582. The Morgan fingerprint density at radius 1 is 1.37 bits per heavy atom. The fourth-order valence-corrected chi connectivity index (χ4v) is 3.38. The van der Waals surface area contributed by atoms with E-state index in [2.05, 4.69) is 44.1 Å². The number of thiazole rings is 1. The Morgan fingerprint density at radius 2 is 2.00 bits per heavy atom. The van der Waals surface area contributed by atoms with E-state index in [1.807, 2.05) is 13.8 Å². The van der Waals surface area contributed by atoms with Crippen molar-refractivity contribution in [3.8, 4) is 0 Å². The summed E-state index contributed by atoms with van der Waals surface area (Å²) in [6.45, 7) is 12.5. The maximum absolute atomic E-state index is 12.3. The number of carbonyl (C=O) groups is 1. The lowest BCUT2D eigenvalue weighted by atomic mass is 10.1. The SMILES string of the molecule is CC(C)=C[C@@H]1[C@H](C(=O)Nc2nc(C)c(C)s2)C1(C)C. The number of aromatic nitrogens is 1. The van der Waals surface area contributed by atoms with Crippen molar-refractivity contribution < 1.29 is 4.79 Å². The molecule has 0 radical (unpaired) electrons. The van der Waals surface area contributed by atoms with Crippen molar-refractivity contribution in [2.75, 3.05) is 5.32 Å². The van der Waals surface area contributed by atoms with Crippen LogP contribution in [0.15, 0.2) is 11.6 Å². The van der Waals surface area contributed by atoms with Gasteiger partial charge in [-0.2, -0.15) is 0 Å². The molecule has 1 heterocycles. The molecule has 1 N–H and O–H groups in total. The molecule has 0 aromatic carbocycles. The van der Waals surface area contributed by atoms with Crippen LogP contribution in [-0.4, -0.2) is 10.9 Å². The summed E-state index contributed by atoms with van der Waals surface area (Å²) < 4.78 is 0. The van der Waals surface area contributed by atoms with Crippen LogP contribution in [0.4, 0.5) is 5.13 Å². The maximum Gasteiger partial charge on any atom is 0.230 e. The first-order valence-electron chi connectivity index (χ1n) is 6.63. The summed E-state index contributed by atoms with van der Waals surface area (Å²) in [6.07, 6.45) is 2.21. The van der Waals surface area contributed by atoms with Gasteiger partial charge in [0.1, 0.15) is 0 Å². The summed E-state index contributed by atoms with van der Waals surface area (Å²) in [5.41, 5.74) is 2.33. The number of nitrogens with zero attached hydrogens (tertiary/aromatic N) is 1. The molecule has 2 rings (SSSR count). The molecule has 19 heavy (non-hydrogen) atoms. The van der Waals surface area contributed by atoms with E-state index >= 15 is 0 Å². The third-order valence-electron chi connectivity index (χ3n) is 3.96. The van der Waals surface area contributed by atoms with Gasteiger partial charge in [0.15, 0.2) is 5.13 Å². The zero-order valence-electron chi connectivity index (χ0n) is 12.5. The molecule has 0 unspecified atom stereocenters. The number of aryl methyl sites for hydroxylation is 2. The molecule has 1 aliphatic rings. The quantitative estimate of drug-likeness (QED) is 0.851. The van der Waals surface area contributed by atoms with Gasteiger partial charge in [-0.15, -0.1) is 11.3 Å². The predicted molar refractivity (Wildman–Crippen MR) is 80.4 cm³/mol. The summed E-state index contributed by atoms with van der Waals surface area (Å²) in [6, 6.07) is 0. The number of amides is 1. The topological polar surface area (TPSA) is 42.0 Å². The molecule has 1 fully saturated rings. The number of anilines is 1. The van der Waals surface area contributed by atoms with E-state index < -0.39 is 0 Å². The highest BCUT2D eigenvalue weighted by Gasteiger charge is 2.60. The van der Waals surface area contributed by atoms with Crippen LogP contribution in [0.5, 0.6) is 0 Å². The Labute approximate surface area is 119 Å². The lowest BCUT2D eigenvalue weighted by Crippen LogP contribution is -2.16. The molecule has 0 bridgehead atoms. The van der Waals surface area contributed by atoms with Crippen LogP contribution >= 0.6 is 11.3 Å². The van der Waals surface area contributed by atoms with E-state index in [0.29, 0.717) is 5.92 Å². The number of hydrogen-bond donors (Lipinski definition) is 1. The molecule has 2 atom stereocenters. The summed E-state index contributed by atoms with van der Waals surface area (Å²) in [5, 5.41) is 3.68. The van der Waals surface area contributed by atoms with Crippen molar-refractivity contribution in [1.82, 2.24) is 4.98 Å². The van der Waals surface area contributed by atoms with Crippen LogP contribution in [0.1, 0.15) is 38.3 Å². The van der Waals surface area contributed by atoms with Gasteiger partial charge in [-0.05, 0) is 39.0 Å². The zero-order chi connectivity index (χ0) is 14.4. The van der Waals surface area contributed by atoms with E-state index in [-0.39, 0.29) is 17.2 Å². The van der Waals surface area contributed by atoms with Crippen molar-refractivity contribution in [1.29, 1.82) is 0 Å². The molecule has 1 saturated carbocycles. The van der Waals surface area contributed by atoms with Gasteiger partial charge in [-0.3, -0.25) is 4.79 Å². The maximum atomic E-state index is 12.3. The second kappa shape index (κ2) is 4.75. The van der Waals surface area contributed by atoms with E-state index in [0.717, 1.165) is 15.7 Å². The molecule has 3 nitrogen and oxygen atoms in total. The van der Waals surface area contributed by atoms with Gasteiger partial charge in [0.25, 0.3) is 0 Å². The fraction of sp³-hybridized carbons (Fsp3) is 0.600. The molecule has 0 spiro atoms. The monoisotopic (exact) mass is 278 g/mol. The van der Waals surface area contributed by atoms with Gasteiger partial charge in [-0.25, -0.2) is 4.98 Å². The number of hydrogen-bond acceptors (Lipinski definition) is 3. The Balaban J connectivity index is 2.07. The Bertz CT molecular complexity index is 519. The van der Waals surface area contributed by atoms with Gasteiger partial charge in [0, 0.05) is 4.88 Å². The average molecular weight is 278 g/mol. The molecular weight excluding hydrogens is 256 g/mol. The zero-order valence-corrected chi connectivity index (χ0v) is 13.3. The Morgan fingerprint density at radius 3 is 2.47 bits per heavy atom. The van der Waals surface area contributed by atoms with Crippen molar-refractivity contribution >= 4 is 22.4 Å². The highest BCUT2D eigenvalue weighted by atomic mass is 32.1. The predicted octanol–water partition coefficient (Wildman–Crippen LogP) is 3.94. The van der Waals surface area contributed by atoms with E-state index in [1.54, 1.807) is 11.3 Å². The Hall–Kier alpha value is -1.16. The molecule has 104 valence electrons. The first kappa shape index (κ1) is 14.3. The van der Waals surface area contributed by atoms with Crippen LogP contribution in [0.25, 0.3) is 0 Å². The first-order chi connectivity index (χ1) is 8.73. The normalized spacial score (nSPS) is 23.9. The lowest BCUT2D eigenvalue weighted by Gasteiger charge is -2.02. The highest BCUT2D eigenvalue weighted by molar-refractivity contribution is 7.15. The van der Waals surface area contributed by atoms with Gasteiger partial charge in [-0.1, -0.05) is 25.5 Å². The molecule has 0 saturated heterocycles. The van der Waals surface area contributed by atoms with Gasteiger partial charge in [0.05, 0.1) is 11.6 Å². The second-order valence-electron chi connectivity index (χ2n) is 6.22. The lowest BCUT2D eigenvalue weighted by molar-refractivity contribution is -0.118. The molecule has 1 aliphatic carbocycles. The van der Waals surface area contributed by atoms with Crippen molar-refractivity contribution in [3.05, 3.63) is 22.2 Å². The van der Waals surface area contributed by atoms with Crippen molar-refractivity contribution in [2.45, 2.75) is 41.5 Å². The molecule has 1 amide bonds. The summed E-state index contributed by atoms with van der Waals surface area (Å²) in [4.78, 5) is 17.9. The summed E-state index contributed by atoms with van der Waals surface area (Å²) >= 11 is 1.54. The second-order valence-corrected chi connectivity index (χ2v) is 7.42. The largest absolute Gasteiger partial charge is 0.302 e. The van der Waals surface area contributed by atoms with Gasteiger partial charge < -0.3 is 5.32 Å². The molecular formula is C15H22N2OS. The van der Waals surface area contributed by atoms with E-state index in [4.69, 9.17) is 0 Å². The van der Waals surface area contributed by atoms with Crippen LogP contribution in [0.3, 0.4) is 0 Å². The van der Waals surface area contributed by atoms with Crippen LogP contribution in [-0.2, 0) is 4.79 Å². The standard InChI is InChI=1S/C15H22N2OS/c1-8(2)7-11-12(15(11,5)6)13(18)17-14-16-9(3)10(4)19-14/h7,11-12H,1-6H3,(H,16,17,18)/t11-,12-/m1/s1. The number of nitrogens with one attached hydrogen (secondary N) is 1. The number of carbonyl (C=O) groups excluding carboxylic acids is 1. The van der Waals surface area contributed by atoms with Gasteiger partial charge >= 0.3 is 0 Å². The third kappa shape index (κ3) is 2.73. The first-order valence-corrected chi connectivity index (χ1v) is 7.45.